The quantitative estimate of drug-likeness (QED) is 0.715. The van der Waals surface area contributed by atoms with Crippen LogP contribution >= 0.6 is 0 Å². The molecule has 0 fully saturated rings. The normalized spacial score (nSPS) is 21.3. The van der Waals surface area contributed by atoms with Crippen molar-refractivity contribution in [1.29, 1.82) is 5.26 Å². The second kappa shape index (κ2) is 9.85. The van der Waals surface area contributed by atoms with Gasteiger partial charge in [-0.25, -0.2) is 0 Å². The maximum Gasteiger partial charge on any atom is 0.205 e. The highest BCUT2D eigenvalue weighted by molar-refractivity contribution is 5.62. The Labute approximate surface area is 195 Å². The van der Waals surface area contributed by atoms with Gasteiger partial charge in [0.05, 0.1) is 26.7 Å². The maximum absolute atomic E-state index is 9.96. The Morgan fingerprint density at radius 1 is 1.06 bits per heavy atom. The van der Waals surface area contributed by atoms with Crippen molar-refractivity contribution in [3.8, 4) is 17.6 Å². The van der Waals surface area contributed by atoms with Gasteiger partial charge in [0, 0.05) is 11.1 Å². The molecule has 2 aliphatic heterocycles. The number of quaternary nitrogens is 1. The van der Waals surface area contributed by atoms with E-state index >= 15 is 0 Å². The first kappa shape index (κ1) is 22.5. The summed E-state index contributed by atoms with van der Waals surface area (Å²) in [5.41, 5.74) is 11.0. The third-order valence-corrected chi connectivity index (χ3v) is 6.21. The third kappa shape index (κ3) is 4.59. The first-order chi connectivity index (χ1) is 16.1. The fourth-order valence-electron chi connectivity index (χ4n) is 4.65. The Morgan fingerprint density at radius 2 is 1.70 bits per heavy atom. The summed E-state index contributed by atoms with van der Waals surface area (Å²) in [6.07, 6.45) is 3.23. The van der Waals surface area contributed by atoms with Crippen molar-refractivity contribution in [3.05, 3.63) is 88.0 Å². The average molecular weight is 445 g/mol. The Hall–Kier alpha value is -3.69. The third-order valence-electron chi connectivity index (χ3n) is 6.21. The van der Waals surface area contributed by atoms with Gasteiger partial charge in [-0.2, -0.15) is 5.26 Å². The fraction of sp³-hybridized carbons (Fsp3) is 0.296. The molecule has 6 nitrogen and oxygen atoms in total. The Balaban J connectivity index is 1.82. The molecule has 2 atom stereocenters. The van der Waals surface area contributed by atoms with Crippen molar-refractivity contribution >= 4 is 6.08 Å². The van der Waals surface area contributed by atoms with Crippen LogP contribution < -0.4 is 20.1 Å². The number of allylic oxidation sites excluding steroid dienone is 1. The van der Waals surface area contributed by atoms with Crippen LogP contribution in [0.2, 0.25) is 0 Å². The summed E-state index contributed by atoms with van der Waals surface area (Å²) >= 11 is 0. The first-order valence-corrected chi connectivity index (χ1v) is 11.2. The minimum atomic E-state index is -0.240. The number of ether oxygens (including phenoxy) is 3. The molecular formula is C27H30N3O3+. The molecule has 0 amide bonds. The predicted molar refractivity (Wildman–Crippen MR) is 127 cm³/mol. The van der Waals surface area contributed by atoms with Gasteiger partial charge in [-0.1, -0.05) is 31.2 Å². The number of hydrogen-bond donors (Lipinski definition) is 2. The second-order valence-corrected chi connectivity index (χ2v) is 8.35. The summed E-state index contributed by atoms with van der Waals surface area (Å²) in [7, 11) is 3.31. The summed E-state index contributed by atoms with van der Waals surface area (Å²) in [6.45, 7) is 4.87. The molecule has 2 aliphatic rings. The number of hydrogen-bond acceptors (Lipinski definition) is 5. The molecule has 1 unspecified atom stereocenters. The lowest BCUT2D eigenvalue weighted by molar-refractivity contribution is -0.892. The van der Waals surface area contributed by atoms with E-state index in [1.165, 1.54) is 4.90 Å². The summed E-state index contributed by atoms with van der Waals surface area (Å²) in [4.78, 5) is 1.44. The van der Waals surface area contributed by atoms with E-state index < -0.39 is 0 Å². The SMILES string of the molecule is CCC[NH+]1CC(=Cc2ccc(OC)cc2)C2=C(C1)[C@@H](c1ccc(OC)cc1)C(C#N)=C(N)O2. The fourth-order valence-corrected chi connectivity index (χ4v) is 4.65. The van der Waals surface area contributed by atoms with Gasteiger partial charge < -0.3 is 24.8 Å². The van der Waals surface area contributed by atoms with E-state index in [9.17, 15) is 5.26 Å². The van der Waals surface area contributed by atoms with Crippen molar-refractivity contribution in [2.75, 3.05) is 33.9 Å². The van der Waals surface area contributed by atoms with Crippen molar-refractivity contribution in [2.45, 2.75) is 19.3 Å². The molecule has 0 radical (unpaired) electrons. The van der Waals surface area contributed by atoms with Crippen molar-refractivity contribution in [1.82, 2.24) is 0 Å². The number of nitrogens with zero attached hydrogens (tertiary/aromatic N) is 1. The van der Waals surface area contributed by atoms with Gasteiger partial charge >= 0.3 is 0 Å². The molecule has 2 aromatic carbocycles. The molecule has 0 aromatic heterocycles. The first-order valence-electron chi connectivity index (χ1n) is 11.2. The average Bonchev–Trinajstić information content (AvgIpc) is 2.84. The number of methoxy groups -OCH3 is 2. The molecular weight excluding hydrogens is 414 g/mol. The number of nitrogens with two attached hydrogens (primary N) is 1. The zero-order valence-electron chi connectivity index (χ0n) is 19.4. The molecule has 33 heavy (non-hydrogen) atoms. The van der Waals surface area contributed by atoms with Gasteiger partial charge in [0.2, 0.25) is 5.88 Å². The van der Waals surface area contributed by atoms with Crippen LogP contribution in [-0.4, -0.2) is 33.9 Å². The Bertz CT molecular complexity index is 1140. The van der Waals surface area contributed by atoms with Crippen LogP contribution in [0.3, 0.4) is 0 Å². The van der Waals surface area contributed by atoms with Crippen LogP contribution in [0, 0.1) is 11.3 Å². The van der Waals surface area contributed by atoms with Crippen LogP contribution in [0.5, 0.6) is 11.5 Å². The summed E-state index contributed by atoms with van der Waals surface area (Å²) < 4.78 is 16.7. The smallest absolute Gasteiger partial charge is 0.205 e. The topological polar surface area (TPSA) is 81.9 Å². The summed E-state index contributed by atoms with van der Waals surface area (Å²) in [5.74, 6) is 2.33. The van der Waals surface area contributed by atoms with Gasteiger partial charge in [0.25, 0.3) is 0 Å². The lowest BCUT2D eigenvalue weighted by Gasteiger charge is -2.36. The summed E-state index contributed by atoms with van der Waals surface area (Å²) in [6, 6.07) is 18.1. The number of nitrogens with one attached hydrogen (secondary N) is 1. The number of benzene rings is 2. The van der Waals surface area contributed by atoms with E-state index in [0.29, 0.717) is 5.57 Å². The van der Waals surface area contributed by atoms with Crippen molar-refractivity contribution in [2.24, 2.45) is 5.73 Å². The molecule has 0 spiro atoms. The van der Waals surface area contributed by atoms with Crippen LogP contribution in [0.25, 0.3) is 6.08 Å². The highest BCUT2D eigenvalue weighted by atomic mass is 16.5. The van der Waals surface area contributed by atoms with E-state index in [2.05, 4.69) is 19.1 Å². The molecule has 4 rings (SSSR count). The number of rotatable bonds is 6. The molecule has 170 valence electrons. The van der Waals surface area contributed by atoms with E-state index in [4.69, 9.17) is 19.9 Å². The largest absolute Gasteiger partial charge is 0.497 e. The van der Waals surface area contributed by atoms with Gasteiger partial charge in [-0.3, -0.25) is 0 Å². The van der Waals surface area contributed by atoms with E-state index in [1.807, 2.05) is 48.5 Å². The van der Waals surface area contributed by atoms with Crippen LogP contribution in [0.1, 0.15) is 30.4 Å². The molecule has 0 saturated heterocycles. The van der Waals surface area contributed by atoms with Crippen molar-refractivity contribution < 1.29 is 19.1 Å². The molecule has 0 saturated carbocycles. The van der Waals surface area contributed by atoms with E-state index in [1.54, 1.807) is 14.2 Å². The minimum Gasteiger partial charge on any atom is -0.497 e. The summed E-state index contributed by atoms with van der Waals surface area (Å²) in [5, 5.41) is 9.96. The highest BCUT2D eigenvalue weighted by Crippen LogP contribution is 2.42. The Kier molecular flexibility index (Phi) is 6.71. The van der Waals surface area contributed by atoms with Crippen molar-refractivity contribution in [3.63, 3.8) is 0 Å². The molecule has 2 heterocycles. The monoisotopic (exact) mass is 444 g/mol. The second-order valence-electron chi connectivity index (χ2n) is 8.35. The lowest BCUT2D eigenvalue weighted by atomic mass is 9.80. The van der Waals surface area contributed by atoms with Crippen LogP contribution in [-0.2, 0) is 4.74 Å². The zero-order chi connectivity index (χ0) is 23.4. The standard InChI is InChI=1S/C27H29N3O3/c1-4-13-30-16-20(14-18-5-9-21(31-2)10-6-18)26-24(17-30)25(23(15-28)27(29)33-26)19-7-11-22(32-3)12-8-19/h5-12,14,25H,4,13,16-17,29H2,1-3H3/p+1/t25-/m0/s1. The molecule has 0 aliphatic carbocycles. The van der Waals surface area contributed by atoms with Crippen LogP contribution in [0.15, 0.2) is 76.9 Å². The van der Waals surface area contributed by atoms with Gasteiger partial charge in [0.15, 0.2) is 0 Å². The van der Waals surface area contributed by atoms with Gasteiger partial charge in [-0.05, 0) is 47.9 Å². The Morgan fingerprint density at radius 3 is 2.27 bits per heavy atom. The molecule has 0 bridgehead atoms. The van der Waals surface area contributed by atoms with Crippen LogP contribution in [0.4, 0.5) is 0 Å². The van der Waals surface area contributed by atoms with E-state index in [0.717, 1.165) is 65.6 Å². The highest BCUT2D eigenvalue weighted by Gasteiger charge is 2.39. The zero-order valence-corrected chi connectivity index (χ0v) is 19.4. The minimum absolute atomic E-state index is 0.177. The lowest BCUT2D eigenvalue weighted by Crippen LogP contribution is -3.13. The van der Waals surface area contributed by atoms with Gasteiger partial charge in [-0.15, -0.1) is 0 Å². The van der Waals surface area contributed by atoms with E-state index in [-0.39, 0.29) is 11.8 Å². The van der Waals surface area contributed by atoms with Gasteiger partial charge in [0.1, 0.15) is 42.0 Å². The molecule has 2 aromatic rings. The predicted octanol–water partition coefficient (Wildman–Crippen LogP) is 3.16. The molecule has 3 N–H and O–H groups in total. The maximum atomic E-state index is 9.96. The number of nitriles is 1. The molecule has 6 heteroatoms.